The van der Waals surface area contributed by atoms with Gasteiger partial charge >= 0.3 is 6.03 Å². The summed E-state index contributed by atoms with van der Waals surface area (Å²) in [6.45, 7) is 10.3. The van der Waals surface area contributed by atoms with Crippen LogP contribution in [0.1, 0.15) is 27.2 Å². The zero-order valence-electron chi connectivity index (χ0n) is 14.7. The van der Waals surface area contributed by atoms with Crippen LogP contribution < -0.4 is 5.32 Å². The highest BCUT2D eigenvalue weighted by molar-refractivity contribution is 8.00. The molecule has 1 aromatic carbocycles. The number of para-hydroxylation sites is 1. The van der Waals surface area contributed by atoms with Crippen molar-refractivity contribution in [3.05, 3.63) is 24.3 Å². The first-order valence-corrected chi connectivity index (χ1v) is 9.37. The number of nitrogens with zero attached hydrogens (tertiary/aromatic N) is 2. The summed E-state index contributed by atoms with van der Waals surface area (Å²) < 4.78 is 0. The Bertz CT molecular complexity index is 521. The molecule has 0 aliphatic carbocycles. The molecule has 0 aromatic heterocycles. The Labute approximate surface area is 144 Å². The number of likely N-dealkylation sites (tertiary alicyclic amines) is 1. The minimum absolute atomic E-state index is 0.0310. The van der Waals surface area contributed by atoms with Gasteiger partial charge in [-0.25, -0.2) is 4.79 Å². The molecule has 4 nitrogen and oxygen atoms in total. The summed E-state index contributed by atoms with van der Waals surface area (Å²) in [5, 5.41) is 3.59. The number of rotatable bonds is 6. The van der Waals surface area contributed by atoms with Crippen LogP contribution in [0, 0.1) is 5.92 Å². The van der Waals surface area contributed by atoms with E-state index in [1.807, 2.05) is 23.1 Å². The molecule has 1 fully saturated rings. The Hall–Kier alpha value is -1.20. The van der Waals surface area contributed by atoms with Crippen molar-refractivity contribution in [2.75, 3.05) is 38.5 Å². The Kier molecular flexibility index (Phi) is 6.78. The lowest BCUT2D eigenvalue weighted by Gasteiger charge is -2.21. The number of amides is 2. The van der Waals surface area contributed by atoms with Crippen molar-refractivity contribution in [2.45, 2.75) is 37.3 Å². The number of hydrogen-bond donors (Lipinski definition) is 1. The van der Waals surface area contributed by atoms with E-state index in [-0.39, 0.29) is 6.03 Å². The molecule has 0 spiro atoms. The topological polar surface area (TPSA) is 35.6 Å². The maximum Gasteiger partial charge on any atom is 0.321 e. The van der Waals surface area contributed by atoms with E-state index in [9.17, 15) is 4.79 Å². The number of urea groups is 1. The van der Waals surface area contributed by atoms with Crippen LogP contribution in [0.25, 0.3) is 0 Å². The van der Waals surface area contributed by atoms with Gasteiger partial charge < -0.3 is 15.1 Å². The van der Waals surface area contributed by atoms with Crippen LogP contribution in [0.4, 0.5) is 10.5 Å². The van der Waals surface area contributed by atoms with Gasteiger partial charge in [-0.3, -0.25) is 0 Å². The van der Waals surface area contributed by atoms with Gasteiger partial charge in [0.2, 0.25) is 0 Å². The van der Waals surface area contributed by atoms with E-state index < -0.39 is 0 Å². The van der Waals surface area contributed by atoms with Gasteiger partial charge in [0.1, 0.15) is 0 Å². The molecule has 0 saturated carbocycles. The summed E-state index contributed by atoms with van der Waals surface area (Å²) in [5.74, 6) is 0.589. The Balaban J connectivity index is 1.93. The maximum atomic E-state index is 12.5. The number of anilines is 1. The number of carbonyl (C=O) groups is 1. The molecule has 1 N–H and O–H groups in total. The molecule has 2 rings (SSSR count). The van der Waals surface area contributed by atoms with Crippen LogP contribution >= 0.6 is 11.8 Å². The van der Waals surface area contributed by atoms with Crippen molar-refractivity contribution in [2.24, 2.45) is 5.92 Å². The largest absolute Gasteiger partial charge is 0.324 e. The highest BCUT2D eigenvalue weighted by Gasteiger charge is 2.27. The van der Waals surface area contributed by atoms with E-state index in [1.165, 1.54) is 0 Å². The first-order chi connectivity index (χ1) is 11.0. The third-order valence-electron chi connectivity index (χ3n) is 4.17. The normalized spacial score (nSPS) is 18.0. The Morgan fingerprint density at radius 3 is 2.87 bits per heavy atom. The fourth-order valence-electron chi connectivity index (χ4n) is 2.86. The average molecular weight is 336 g/mol. The standard InChI is InChI=1S/C18H29N3OS/c1-5-20(4)12-15-10-11-21(13-15)18(22)19-16-8-6-7-9-17(16)23-14(2)3/h6-9,14-15H,5,10-13H2,1-4H3,(H,19,22). The van der Waals surface area contributed by atoms with Crippen molar-refractivity contribution in [1.29, 1.82) is 0 Å². The van der Waals surface area contributed by atoms with Crippen LogP contribution in [0.15, 0.2) is 29.2 Å². The van der Waals surface area contributed by atoms with Crippen molar-refractivity contribution in [3.63, 3.8) is 0 Å². The molecule has 0 radical (unpaired) electrons. The molecular weight excluding hydrogens is 306 g/mol. The highest BCUT2D eigenvalue weighted by atomic mass is 32.2. The molecule has 1 aliphatic rings. The first kappa shape index (κ1) is 18.1. The molecule has 0 bridgehead atoms. The number of carbonyl (C=O) groups excluding carboxylic acids is 1. The smallest absolute Gasteiger partial charge is 0.321 e. The van der Waals surface area contributed by atoms with Gasteiger partial charge in [0, 0.05) is 29.8 Å². The summed E-state index contributed by atoms with van der Waals surface area (Å²) >= 11 is 1.78. The number of hydrogen-bond acceptors (Lipinski definition) is 3. The molecule has 1 aliphatic heterocycles. The van der Waals surface area contributed by atoms with Gasteiger partial charge in [0.15, 0.2) is 0 Å². The van der Waals surface area contributed by atoms with Gasteiger partial charge in [-0.2, -0.15) is 0 Å². The molecule has 1 atom stereocenters. The number of benzene rings is 1. The minimum Gasteiger partial charge on any atom is -0.324 e. The summed E-state index contributed by atoms with van der Waals surface area (Å²) in [6.07, 6.45) is 1.10. The fraction of sp³-hybridized carbons (Fsp3) is 0.611. The van der Waals surface area contributed by atoms with Crippen LogP contribution in [0.2, 0.25) is 0 Å². The Morgan fingerprint density at radius 1 is 1.43 bits per heavy atom. The average Bonchev–Trinajstić information content (AvgIpc) is 2.97. The van der Waals surface area contributed by atoms with E-state index in [0.29, 0.717) is 11.2 Å². The van der Waals surface area contributed by atoms with Gasteiger partial charge in [-0.05, 0) is 38.1 Å². The van der Waals surface area contributed by atoms with Crippen LogP contribution in [-0.2, 0) is 0 Å². The van der Waals surface area contributed by atoms with Crippen molar-refractivity contribution < 1.29 is 4.79 Å². The van der Waals surface area contributed by atoms with Crippen molar-refractivity contribution >= 4 is 23.5 Å². The fourth-order valence-corrected chi connectivity index (χ4v) is 3.77. The summed E-state index contributed by atoms with van der Waals surface area (Å²) in [5.41, 5.74) is 0.922. The summed E-state index contributed by atoms with van der Waals surface area (Å²) in [4.78, 5) is 18.0. The molecule has 1 saturated heterocycles. The molecule has 1 unspecified atom stereocenters. The second kappa shape index (κ2) is 8.60. The van der Waals surface area contributed by atoms with E-state index in [4.69, 9.17) is 0 Å². The van der Waals surface area contributed by atoms with Crippen LogP contribution in [-0.4, -0.2) is 54.3 Å². The van der Waals surface area contributed by atoms with Gasteiger partial charge in [-0.15, -0.1) is 11.8 Å². The quantitative estimate of drug-likeness (QED) is 0.798. The third-order valence-corrected chi connectivity index (χ3v) is 5.26. The molecule has 1 aromatic rings. The molecule has 1 heterocycles. The molecule has 5 heteroatoms. The zero-order valence-corrected chi connectivity index (χ0v) is 15.5. The van der Waals surface area contributed by atoms with Gasteiger partial charge in [-0.1, -0.05) is 32.9 Å². The highest BCUT2D eigenvalue weighted by Crippen LogP contribution is 2.30. The van der Waals surface area contributed by atoms with E-state index in [1.54, 1.807) is 11.8 Å². The van der Waals surface area contributed by atoms with Gasteiger partial charge in [0.25, 0.3) is 0 Å². The summed E-state index contributed by atoms with van der Waals surface area (Å²) in [7, 11) is 2.14. The van der Waals surface area contributed by atoms with Crippen molar-refractivity contribution in [1.82, 2.24) is 9.80 Å². The van der Waals surface area contributed by atoms with E-state index in [0.717, 1.165) is 43.2 Å². The third kappa shape index (κ3) is 5.43. The predicted octanol–water partition coefficient (Wildman–Crippen LogP) is 3.99. The lowest BCUT2D eigenvalue weighted by Crippen LogP contribution is -2.34. The van der Waals surface area contributed by atoms with Crippen molar-refractivity contribution in [3.8, 4) is 0 Å². The molecule has 2 amide bonds. The SMILES string of the molecule is CCN(C)CC1CCN(C(=O)Nc2ccccc2SC(C)C)C1. The lowest BCUT2D eigenvalue weighted by molar-refractivity contribution is 0.218. The van der Waals surface area contributed by atoms with Crippen LogP contribution in [0.3, 0.4) is 0 Å². The van der Waals surface area contributed by atoms with Gasteiger partial charge in [0.05, 0.1) is 5.69 Å². The monoisotopic (exact) mass is 335 g/mol. The molecule has 23 heavy (non-hydrogen) atoms. The maximum absolute atomic E-state index is 12.5. The number of nitrogens with one attached hydrogen (secondary N) is 1. The minimum atomic E-state index is 0.0310. The summed E-state index contributed by atoms with van der Waals surface area (Å²) in [6, 6.07) is 8.09. The van der Waals surface area contributed by atoms with E-state index >= 15 is 0 Å². The zero-order chi connectivity index (χ0) is 16.8. The lowest BCUT2D eigenvalue weighted by atomic mass is 10.1. The number of thioether (sulfide) groups is 1. The molecular formula is C18H29N3OS. The second-order valence-electron chi connectivity index (χ2n) is 6.55. The first-order valence-electron chi connectivity index (χ1n) is 8.49. The Morgan fingerprint density at radius 2 is 2.17 bits per heavy atom. The second-order valence-corrected chi connectivity index (χ2v) is 8.17. The van der Waals surface area contributed by atoms with Crippen LogP contribution in [0.5, 0.6) is 0 Å². The van der Waals surface area contributed by atoms with E-state index in [2.05, 4.69) is 44.1 Å². The molecule has 128 valence electrons. The predicted molar refractivity (Wildman–Crippen MR) is 99.3 cm³/mol.